The number of thiazole rings is 1. The Bertz CT molecular complexity index is 1370. The van der Waals surface area contributed by atoms with Crippen molar-refractivity contribution in [2.45, 2.75) is 6.18 Å². The zero-order valence-electron chi connectivity index (χ0n) is 16.5. The van der Waals surface area contributed by atoms with Crippen LogP contribution in [-0.4, -0.2) is 39.2 Å². The molecule has 170 valence electrons. The lowest BCUT2D eigenvalue weighted by atomic mass is 10.1. The number of carbonyl (C=O) groups excluding carboxylic acids is 2. The lowest BCUT2D eigenvalue weighted by Gasteiger charge is -2.11. The van der Waals surface area contributed by atoms with Crippen LogP contribution in [0.3, 0.4) is 0 Å². The van der Waals surface area contributed by atoms with E-state index in [1.807, 2.05) is 5.32 Å². The van der Waals surface area contributed by atoms with Crippen molar-refractivity contribution in [2.24, 2.45) is 0 Å². The van der Waals surface area contributed by atoms with Crippen LogP contribution in [0.15, 0.2) is 36.7 Å². The average Bonchev–Trinajstić information content (AvgIpc) is 3.42. The van der Waals surface area contributed by atoms with Gasteiger partial charge in [0.05, 0.1) is 39.0 Å². The van der Waals surface area contributed by atoms with Gasteiger partial charge in [0, 0.05) is 13.2 Å². The van der Waals surface area contributed by atoms with Crippen LogP contribution in [0.5, 0.6) is 0 Å². The molecular weight excluding hydrogens is 466 g/mol. The third-order valence-corrected chi connectivity index (χ3v) is 5.35. The highest BCUT2D eigenvalue weighted by molar-refractivity contribution is 7.19. The van der Waals surface area contributed by atoms with Gasteiger partial charge in [-0.2, -0.15) is 18.3 Å². The summed E-state index contributed by atoms with van der Waals surface area (Å²) in [6.07, 6.45) is -1.84. The number of aromatic nitrogens is 4. The molecule has 0 spiro atoms. The van der Waals surface area contributed by atoms with E-state index in [-0.39, 0.29) is 11.0 Å². The molecule has 14 heteroatoms. The molecule has 0 saturated heterocycles. The maximum absolute atomic E-state index is 13.8. The van der Waals surface area contributed by atoms with Crippen molar-refractivity contribution in [3.63, 3.8) is 0 Å². The summed E-state index contributed by atoms with van der Waals surface area (Å²) in [5.41, 5.74) is -0.678. The van der Waals surface area contributed by atoms with E-state index in [0.717, 1.165) is 11.3 Å². The van der Waals surface area contributed by atoms with Gasteiger partial charge in [-0.15, -0.1) is 0 Å². The monoisotopic (exact) mass is 479 g/mol. The number of carbonyl (C=O) groups is 2. The highest BCUT2D eigenvalue weighted by Gasteiger charge is 2.31. The fraction of sp³-hybridized carbons (Fsp3) is 0.105. The second kappa shape index (κ2) is 8.46. The molecule has 0 saturated carbocycles. The van der Waals surface area contributed by atoms with Crippen LogP contribution in [0.2, 0.25) is 0 Å². The summed E-state index contributed by atoms with van der Waals surface area (Å²) < 4.78 is 52.3. The number of hydrogen-bond acceptors (Lipinski definition) is 6. The fourth-order valence-electron chi connectivity index (χ4n) is 2.88. The van der Waals surface area contributed by atoms with Gasteiger partial charge in [0.1, 0.15) is 5.82 Å². The third kappa shape index (κ3) is 4.59. The minimum Gasteiger partial charge on any atom is -0.355 e. The molecule has 3 heterocycles. The SMILES string of the molecule is CNC(=O)c1cc(-c2cnc(NC(=O)Nc3cc(C(F)(F)F)ccc3F)s2)nc2[nH]ncc12. The number of alkyl halides is 3. The van der Waals surface area contributed by atoms with E-state index in [4.69, 9.17) is 0 Å². The van der Waals surface area contributed by atoms with Gasteiger partial charge < -0.3 is 10.6 Å². The van der Waals surface area contributed by atoms with Gasteiger partial charge in [0.2, 0.25) is 0 Å². The summed E-state index contributed by atoms with van der Waals surface area (Å²) in [4.78, 5) is 33.2. The predicted octanol–water partition coefficient (Wildman–Crippen LogP) is 4.24. The first kappa shape index (κ1) is 22.1. The quantitative estimate of drug-likeness (QED) is 0.326. The summed E-state index contributed by atoms with van der Waals surface area (Å²) in [6, 6.07) is 2.22. The maximum atomic E-state index is 13.8. The molecule has 0 aliphatic heterocycles. The molecule has 0 radical (unpaired) electrons. The van der Waals surface area contributed by atoms with Crippen LogP contribution in [0.4, 0.5) is 33.2 Å². The van der Waals surface area contributed by atoms with Crippen molar-refractivity contribution >= 4 is 45.1 Å². The maximum Gasteiger partial charge on any atom is 0.416 e. The van der Waals surface area contributed by atoms with Crippen molar-refractivity contribution in [1.82, 2.24) is 25.5 Å². The summed E-state index contributed by atoms with van der Waals surface area (Å²) in [6.45, 7) is 0. The molecule has 3 aromatic heterocycles. The molecule has 4 N–H and O–H groups in total. The van der Waals surface area contributed by atoms with Crippen molar-refractivity contribution in [2.75, 3.05) is 17.7 Å². The largest absolute Gasteiger partial charge is 0.416 e. The van der Waals surface area contributed by atoms with Gasteiger partial charge in [-0.1, -0.05) is 11.3 Å². The minimum atomic E-state index is -4.69. The molecule has 33 heavy (non-hydrogen) atoms. The zero-order valence-corrected chi connectivity index (χ0v) is 17.4. The first-order chi connectivity index (χ1) is 15.7. The number of nitrogens with zero attached hydrogens (tertiary/aromatic N) is 3. The number of rotatable bonds is 4. The van der Waals surface area contributed by atoms with Crippen LogP contribution in [0.25, 0.3) is 21.6 Å². The molecular formula is C19H13F4N7O2S. The predicted molar refractivity (Wildman–Crippen MR) is 112 cm³/mol. The Morgan fingerprint density at radius 3 is 2.64 bits per heavy atom. The van der Waals surface area contributed by atoms with Crippen molar-refractivity contribution in [3.05, 3.63) is 53.6 Å². The number of hydrogen-bond donors (Lipinski definition) is 4. The Morgan fingerprint density at radius 1 is 1.12 bits per heavy atom. The van der Waals surface area contributed by atoms with E-state index in [9.17, 15) is 27.2 Å². The number of H-pyrrole nitrogens is 1. The number of fused-ring (bicyclic) bond motifs is 1. The summed E-state index contributed by atoms with van der Waals surface area (Å²) in [7, 11) is 1.48. The molecule has 4 aromatic rings. The van der Waals surface area contributed by atoms with E-state index in [0.29, 0.717) is 45.4 Å². The summed E-state index contributed by atoms with van der Waals surface area (Å²) >= 11 is 0.990. The molecule has 0 unspecified atom stereocenters. The van der Waals surface area contributed by atoms with E-state index in [1.54, 1.807) is 0 Å². The van der Waals surface area contributed by atoms with E-state index >= 15 is 0 Å². The molecule has 0 atom stereocenters. The Hall–Kier alpha value is -4.07. The highest BCUT2D eigenvalue weighted by atomic mass is 32.1. The van der Waals surface area contributed by atoms with E-state index in [1.165, 1.54) is 25.5 Å². The standard InChI is InChI=1S/C19H13F4N7O2S/c1-24-16(31)9-5-13(27-15-10(9)6-26-30-15)14-7-25-18(33-14)29-17(32)28-12-4-8(19(21,22)23)2-3-11(12)20/h2-7H,1H3,(H,24,31)(H,26,27,30)(H2,25,28,29,32). The summed E-state index contributed by atoms with van der Waals surface area (Å²) in [5, 5.41) is 14.0. The first-order valence-corrected chi connectivity index (χ1v) is 9.94. The van der Waals surface area contributed by atoms with Crippen molar-refractivity contribution < 1.29 is 27.2 Å². The Balaban J connectivity index is 1.54. The van der Waals surface area contributed by atoms with Gasteiger partial charge >= 0.3 is 12.2 Å². The Labute approximate surface area is 186 Å². The molecule has 9 nitrogen and oxygen atoms in total. The highest BCUT2D eigenvalue weighted by Crippen LogP contribution is 2.33. The topological polar surface area (TPSA) is 125 Å². The van der Waals surface area contributed by atoms with Crippen LogP contribution in [0, 0.1) is 5.82 Å². The van der Waals surface area contributed by atoms with E-state index in [2.05, 4.69) is 30.8 Å². The number of halogens is 4. The second-order valence-electron chi connectivity index (χ2n) is 6.57. The van der Waals surface area contributed by atoms with Crippen LogP contribution in [0.1, 0.15) is 15.9 Å². The number of anilines is 2. The molecule has 0 fully saturated rings. The van der Waals surface area contributed by atoms with Gasteiger partial charge in [0.15, 0.2) is 10.8 Å². The fourth-order valence-corrected chi connectivity index (χ4v) is 3.65. The molecule has 0 aliphatic rings. The Kier molecular flexibility index (Phi) is 5.68. The minimum absolute atomic E-state index is 0.0721. The average molecular weight is 479 g/mol. The number of nitrogens with one attached hydrogen (secondary N) is 4. The van der Waals surface area contributed by atoms with Crippen molar-refractivity contribution in [3.8, 4) is 10.6 Å². The summed E-state index contributed by atoms with van der Waals surface area (Å²) in [5.74, 6) is -1.38. The normalized spacial score (nSPS) is 11.4. The molecule has 3 amide bonds. The second-order valence-corrected chi connectivity index (χ2v) is 7.60. The van der Waals surface area contributed by atoms with Crippen LogP contribution < -0.4 is 16.0 Å². The Morgan fingerprint density at radius 2 is 1.91 bits per heavy atom. The number of aromatic amines is 1. The molecule has 0 bridgehead atoms. The first-order valence-electron chi connectivity index (χ1n) is 9.13. The van der Waals surface area contributed by atoms with Gasteiger partial charge in [0.25, 0.3) is 5.91 Å². The number of amides is 3. The molecule has 1 aromatic carbocycles. The molecule has 4 rings (SSSR count). The van der Waals surface area contributed by atoms with E-state index < -0.39 is 29.3 Å². The van der Waals surface area contributed by atoms with Crippen molar-refractivity contribution in [1.29, 1.82) is 0 Å². The third-order valence-electron chi connectivity index (χ3n) is 4.41. The smallest absolute Gasteiger partial charge is 0.355 e. The lowest BCUT2D eigenvalue weighted by Crippen LogP contribution is -2.20. The zero-order chi connectivity index (χ0) is 23.8. The molecule has 0 aliphatic carbocycles. The lowest BCUT2D eigenvalue weighted by molar-refractivity contribution is -0.137. The number of pyridine rings is 1. The number of benzene rings is 1. The number of urea groups is 1. The van der Waals surface area contributed by atoms with Crippen LogP contribution in [-0.2, 0) is 6.18 Å². The van der Waals surface area contributed by atoms with Gasteiger partial charge in [-0.3, -0.25) is 15.2 Å². The van der Waals surface area contributed by atoms with Gasteiger partial charge in [-0.05, 0) is 24.3 Å². The van der Waals surface area contributed by atoms with Gasteiger partial charge in [-0.25, -0.2) is 19.2 Å². The van der Waals surface area contributed by atoms with Crippen LogP contribution >= 0.6 is 11.3 Å².